The molecule has 4 heteroatoms. The van der Waals surface area contributed by atoms with Crippen molar-refractivity contribution < 1.29 is 0 Å². The van der Waals surface area contributed by atoms with E-state index in [1.165, 1.54) is 64.6 Å². The fraction of sp³-hybridized carbons (Fsp3) is 0.938. The number of likely N-dealkylation sites (tertiary alicyclic amines) is 1. The lowest BCUT2D eigenvalue weighted by Gasteiger charge is -2.30. The Hall–Kier alpha value is -0.770. The number of rotatable bonds is 7. The Kier molecular flexibility index (Phi) is 6.64. The standard InChI is InChI=1S/C16H32N4/c1-14-6-5-11-20(13-14)10-3-2-9-18-16(17)19-12-15-7-4-8-15/h14-15H,2-13H2,1H3,(H3,17,18,19). The monoisotopic (exact) mass is 280 g/mol. The minimum atomic E-state index is 0.642. The van der Waals surface area contributed by atoms with Gasteiger partial charge < -0.3 is 16.0 Å². The van der Waals surface area contributed by atoms with E-state index in [-0.39, 0.29) is 0 Å². The van der Waals surface area contributed by atoms with E-state index in [2.05, 4.69) is 22.1 Å². The van der Waals surface area contributed by atoms with Crippen molar-refractivity contribution in [1.82, 2.24) is 10.2 Å². The first kappa shape index (κ1) is 15.6. The Bertz CT molecular complexity index is 299. The lowest BCUT2D eigenvalue weighted by molar-refractivity contribution is 0.181. The van der Waals surface area contributed by atoms with Gasteiger partial charge in [-0.2, -0.15) is 0 Å². The van der Waals surface area contributed by atoms with Gasteiger partial charge in [-0.15, -0.1) is 0 Å². The highest BCUT2D eigenvalue weighted by atomic mass is 15.1. The lowest BCUT2D eigenvalue weighted by atomic mass is 9.86. The molecule has 0 amide bonds. The summed E-state index contributed by atoms with van der Waals surface area (Å²) >= 11 is 0. The van der Waals surface area contributed by atoms with Crippen LogP contribution >= 0.6 is 0 Å². The summed E-state index contributed by atoms with van der Waals surface area (Å²) in [4.78, 5) is 7.03. The second kappa shape index (κ2) is 8.50. The Morgan fingerprint density at radius 1 is 1.25 bits per heavy atom. The molecule has 0 aromatic rings. The van der Waals surface area contributed by atoms with Gasteiger partial charge in [-0.05, 0) is 63.5 Å². The van der Waals surface area contributed by atoms with Crippen molar-refractivity contribution in [3.8, 4) is 0 Å². The molecule has 1 atom stereocenters. The molecule has 1 heterocycles. The van der Waals surface area contributed by atoms with Crippen LogP contribution in [-0.4, -0.2) is 43.6 Å². The molecule has 1 saturated heterocycles. The van der Waals surface area contributed by atoms with E-state index >= 15 is 0 Å². The first-order valence-electron chi connectivity index (χ1n) is 8.50. The first-order valence-corrected chi connectivity index (χ1v) is 8.50. The Balaban J connectivity index is 1.46. The van der Waals surface area contributed by atoms with Crippen LogP contribution in [0.1, 0.15) is 51.9 Å². The van der Waals surface area contributed by atoms with Crippen LogP contribution in [0.25, 0.3) is 0 Å². The van der Waals surface area contributed by atoms with Crippen LogP contribution in [0.5, 0.6) is 0 Å². The zero-order valence-electron chi connectivity index (χ0n) is 13.1. The maximum absolute atomic E-state index is 5.87. The van der Waals surface area contributed by atoms with Gasteiger partial charge >= 0.3 is 0 Å². The van der Waals surface area contributed by atoms with Gasteiger partial charge in [-0.1, -0.05) is 13.3 Å². The molecule has 1 saturated carbocycles. The Morgan fingerprint density at radius 2 is 2.10 bits per heavy atom. The van der Waals surface area contributed by atoms with E-state index in [0.29, 0.717) is 5.96 Å². The van der Waals surface area contributed by atoms with Gasteiger partial charge in [0.05, 0.1) is 0 Å². The SMILES string of the molecule is CC1CCCN(CCCCNC(N)=NCC2CCC2)C1. The zero-order chi connectivity index (χ0) is 14.2. The number of unbranched alkanes of at least 4 members (excludes halogenated alkanes) is 1. The summed E-state index contributed by atoms with van der Waals surface area (Å²) in [7, 11) is 0. The van der Waals surface area contributed by atoms with Gasteiger partial charge in [0.1, 0.15) is 0 Å². The molecule has 116 valence electrons. The number of piperidine rings is 1. The van der Waals surface area contributed by atoms with Gasteiger partial charge in [0.15, 0.2) is 5.96 Å². The molecule has 1 unspecified atom stereocenters. The molecular formula is C16H32N4. The van der Waals surface area contributed by atoms with E-state index in [4.69, 9.17) is 5.73 Å². The predicted molar refractivity (Wildman–Crippen MR) is 85.9 cm³/mol. The Labute approximate surface area is 124 Å². The minimum absolute atomic E-state index is 0.642. The lowest BCUT2D eigenvalue weighted by Crippen LogP contribution is -2.36. The van der Waals surface area contributed by atoms with Crippen LogP contribution in [0.2, 0.25) is 0 Å². The van der Waals surface area contributed by atoms with Crippen LogP contribution in [0, 0.1) is 11.8 Å². The molecular weight excluding hydrogens is 248 g/mol. The summed E-state index contributed by atoms with van der Waals surface area (Å²) in [5.41, 5.74) is 5.87. The van der Waals surface area contributed by atoms with Gasteiger partial charge in [0.2, 0.25) is 0 Å². The molecule has 0 radical (unpaired) electrons. The molecule has 3 N–H and O–H groups in total. The number of guanidine groups is 1. The maximum Gasteiger partial charge on any atom is 0.188 e. The van der Waals surface area contributed by atoms with Crippen molar-refractivity contribution in [3.05, 3.63) is 0 Å². The first-order chi connectivity index (χ1) is 9.74. The summed E-state index contributed by atoms with van der Waals surface area (Å²) in [5.74, 6) is 2.33. The summed E-state index contributed by atoms with van der Waals surface area (Å²) in [6, 6.07) is 0. The van der Waals surface area contributed by atoms with Crippen molar-refractivity contribution in [2.45, 2.75) is 51.9 Å². The number of hydrogen-bond donors (Lipinski definition) is 2. The van der Waals surface area contributed by atoms with Crippen LogP contribution in [0.4, 0.5) is 0 Å². The largest absolute Gasteiger partial charge is 0.370 e. The van der Waals surface area contributed by atoms with Crippen molar-refractivity contribution >= 4 is 5.96 Å². The molecule has 0 bridgehead atoms. The number of nitrogens with zero attached hydrogens (tertiary/aromatic N) is 2. The van der Waals surface area contributed by atoms with Crippen molar-refractivity contribution in [2.75, 3.05) is 32.7 Å². The van der Waals surface area contributed by atoms with E-state index in [0.717, 1.165) is 24.9 Å². The van der Waals surface area contributed by atoms with Crippen molar-refractivity contribution in [2.24, 2.45) is 22.6 Å². The van der Waals surface area contributed by atoms with E-state index in [1.54, 1.807) is 0 Å². The summed E-state index contributed by atoms with van der Waals surface area (Å²) in [5, 5.41) is 3.24. The number of nitrogens with one attached hydrogen (secondary N) is 1. The highest BCUT2D eigenvalue weighted by Crippen LogP contribution is 2.26. The van der Waals surface area contributed by atoms with Crippen molar-refractivity contribution in [1.29, 1.82) is 0 Å². The zero-order valence-corrected chi connectivity index (χ0v) is 13.1. The molecule has 0 aromatic carbocycles. The molecule has 2 aliphatic rings. The molecule has 1 aliphatic heterocycles. The van der Waals surface area contributed by atoms with Crippen LogP contribution in [0.15, 0.2) is 4.99 Å². The predicted octanol–water partition coefficient (Wildman–Crippen LogP) is 2.20. The highest BCUT2D eigenvalue weighted by molar-refractivity contribution is 5.77. The van der Waals surface area contributed by atoms with Gasteiger partial charge in [-0.3, -0.25) is 4.99 Å². The smallest absolute Gasteiger partial charge is 0.188 e. The molecule has 1 aliphatic carbocycles. The fourth-order valence-electron chi connectivity index (χ4n) is 3.13. The molecule has 2 rings (SSSR count). The van der Waals surface area contributed by atoms with E-state index < -0.39 is 0 Å². The van der Waals surface area contributed by atoms with E-state index in [1.807, 2.05) is 0 Å². The summed E-state index contributed by atoms with van der Waals surface area (Å²) in [6.07, 6.45) is 9.28. The topological polar surface area (TPSA) is 53.6 Å². The van der Waals surface area contributed by atoms with Gasteiger partial charge in [0, 0.05) is 19.6 Å². The summed E-state index contributed by atoms with van der Waals surface area (Å²) < 4.78 is 0. The number of aliphatic imine (C=N–C) groups is 1. The van der Waals surface area contributed by atoms with Crippen molar-refractivity contribution in [3.63, 3.8) is 0 Å². The van der Waals surface area contributed by atoms with Crippen LogP contribution < -0.4 is 11.1 Å². The van der Waals surface area contributed by atoms with Gasteiger partial charge in [-0.25, -0.2) is 0 Å². The second-order valence-corrected chi connectivity index (χ2v) is 6.70. The minimum Gasteiger partial charge on any atom is -0.370 e. The molecule has 4 nitrogen and oxygen atoms in total. The Morgan fingerprint density at radius 3 is 2.80 bits per heavy atom. The quantitative estimate of drug-likeness (QED) is 0.427. The fourth-order valence-corrected chi connectivity index (χ4v) is 3.13. The molecule has 0 aromatic heterocycles. The third-order valence-electron chi connectivity index (χ3n) is 4.69. The molecule has 0 spiro atoms. The highest BCUT2D eigenvalue weighted by Gasteiger charge is 2.16. The average Bonchev–Trinajstić information content (AvgIpc) is 2.36. The second-order valence-electron chi connectivity index (χ2n) is 6.70. The molecule has 20 heavy (non-hydrogen) atoms. The number of nitrogens with two attached hydrogens (primary N) is 1. The van der Waals surface area contributed by atoms with Crippen LogP contribution in [0.3, 0.4) is 0 Å². The van der Waals surface area contributed by atoms with Crippen LogP contribution in [-0.2, 0) is 0 Å². The molecule has 2 fully saturated rings. The third kappa shape index (κ3) is 5.70. The maximum atomic E-state index is 5.87. The third-order valence-corrected chi connectivity index (χ3v) is 4.69. The normalized spacial score (nSPS) is 25.4. The summed E-state index contributed by atoms with van der Waals surface area (Å²) in [6.45, 7) is 8.08. The van der Waals surface area contributed by atoms with E-state index in [9.17, 15) is 0 Å². The average molecular weight is 280 g/mol. The number of hydrogen-bond acceptors (Lipinski definition) is 2. The van der Waals surface area contributed by atoms with Gasteiger partial charge in [0.25, 0.3) is 0 Å².